The van der Waals surface area contributed by atoms with Gasteiger partial charge in [0.05, 0.1) is 30.0 Å². The van der Waals surface area contributed by atoms with Crippen molar-refractivity contribution >= 4 is 53.3 Å². The van der Waals surface area contributed by atoms with E-state index in [0.29, 0.717) is 32.6 Å². The van der Waals surface area contributed by atoms with Crippen LogP contribution in [0.4, 0.5) is 0 Å². The molecule has 1 unspecified atom stereocenters. The summed E-state index contributed by atoms with van der Waals surface area (Å²) in [5.41, 5.74) is 2.94. The number of nitrogens with zero attached hydrogens (tertiary/aromatic N) is 2. The Morgan fingerprint density at radius 2 is 1.82 bits per heavy atom. The van der Waals surface area contributed by atoms with E-state index in [9.17, 15) is 4.79 Å². The molecule has 1 saturated heterocycles. The molecule has 204 valence electrons. The number of carbonyl (C=O) groups is 1. The molecule has 2 aromatic carbocycles. The summed E-state index contributed by atoms with van der Waals surface area (Å²) in [5.74, 6) is 1.99. The number of nitrogens with one attached hydrogen (secondary N) is 2. The molecule has 2 heterocycles. The van der Waals surface area contributed by atoms with Crippen molar-refractivity contribution in [2.75, 3.05) is 26.5 Å². The summed E-state index contributed by atoms with van der Waals surface area (Å²) in [7, 11) is 3.20. The molecule has 1 aromatic heterocycles. The zero-order valence-corrected chi connectivity index (χ0v) is 24.5. The van der Waals surface area contributed by atoms with E-state index in [1.54, 1.807) is 26.6 Å². The van der Waals surface area contributed by atoms with Crippen molar-refractivity contribution < 1.29 is 14.3 Å². The largest absolute Gasteiger partial charge is 0.493 e. The molecule has 3 atom stereocenters. The number of carbonyl (C=O) groups excluding carboxylic acids is 1. The van der Waals surface area contributed by atoms with Gasteiger partial charge in [0.15, 0.2) is 16.7 Å². The van der Waals surface area contributed by atoms with Crippen LogP contribution in [0.25, 0.3) is 11.1 Å². The first-order valence-corrected chi connectivity index (χ1v) is 13.7. The standard InChI is InChI=1S/C27H30Cl2N4O3S.ClH/c1-16(23-10-18(12-30-23)8-17-4-6-21(28)22(29)9-17)33-26(34)15-37-27-31-13-20(14-32-27)19-5-7-24(35-2)25(11-19)36-3;/h4-7,9,11,13-14,16,18,23,30H,8,10,12,15H2,1-3H3,(H,33,34);1H/t16?,18-,23+;/m0./s1. The van der Waals surface area contributed by atoms with Gasteiger partial charge in [-0.15, -0.1) is 12.4 Å². The fraction of sp³-hybridized carbons (Fsp3) is 0.370. The Labute approximate surface area is 243 Å². The van der Waals surface area contributed by atoms with Gasteiger partial charge in [-0.3, -0.25) is 4.79 Å². The average Bonchev–Trinajstić information content (AvgIpc) is 3.38. The van der Waals surface area contributed by atoms with Crippen LogP contribution in [0.3, 0.4) is 0 Å². The minimum absolute atomic E-state index is 0. The highest BCUT2D eigenvalue weighted by Crippen LogP contribution is 2.32. The smallest absolute Gasteiger partial charge is 0.230 e. The Bertz CT molecular complexity index is 1230. The van der Waals surface area contributed by atoms with Crippen molar-refractivity contribution in [1.29, 1.82) is 0 Å². The maximum atomic E-state index is 12.6. The Hall–Kier alpha value is -2.23. The summed E-state index contributed by atoms with van der Waals surface area (Å²) in [5, 5.41) is 8.36. The Morgan fingerprint density at radius 3 is 2.50 bits per heavy atom. The minimum atomic E-state index is -0.0419. The third kappa shape index (κ3) is 7.90. The molecule has 0 radical (unpaired) electrons. The molecular weight excluding hydrogens is 567 g/mol. The van der Waals surface area contributed by atoms with E-state index < -0.39 is 0 Å². The van der Waals surface area contributed by atoms with Crippen molar-refractivity contribution in [1.82, 2.24) is 20.6 Å². The van der Waals surface area contributed by atoms with Crippen LogP contribution in [0, 0.1) is 5.92 Å². The lowest BCUT2D eigenvalue weighted by Crippen LogP contribution is -2.46. The van der Waals surface area contributed by atoms with Crippen LogP contribution in [0.2, 0.25) is 10.0 Å². The summed E-state index contributed by atoms with van der Waals surface area (Å²) < 4.78 is 10.7. The van der Waals surface area contributed by atoms with Gasteiger partial charge in [0.2, 0.25) is 5.91 Å². The lowest BCUT2D eigenvalue weighted by Gasteiger charge is -2.21. The van der Waals surface area contributed by atoms with Gasteiger partial charge in [0.25, 0.3) is 0 Å². The maximum absolute atomic E-state index is 12.6. The highest BCUT2D eigenvalue weighted by atomic mass is 35.5. The van der Waals surface area contributed by atoms with Crippen molar-refractivity contribution in [2.24, 2.45) is 5.92 Å². The number of halogens is 3. The second-order valence-corrected chi connectivity index (χ2v) is 10.8. The molecule has 1 amide bonds. The van der Waals surface area contributed by atoms with Gasteiger partial charge < -0.3 is 20.1 Å². The van der Waals surface area contributed by atoms with Gasteiger partial charge in [-0.25, -0.2) is 9.97 Å². The molecule has 38 heavy (non-hydrogen) atoms. The Kier molecular flexibility index (Phi) is 11.4. The molecule has 0 aliphatic carbocycles. The maximum Gasteiger partial charge on any atom is 0.230 e. The molecular formula is C27H31Cl3N4O3S. The normalized spacial score (nSPS) is 17.4. The quantitative estimate of drug-likeness (QED) is 0.229. The van der Waals surface area contributed by atoms with Gasteiger partial charge in [-0.05, 0) is 67.6 Å². The van der Waals surface area contributed by atoms with E-state index in [1.165, 1.54) is 17.3 Å². The summed E-state index contributed by atoms with van der Waals surface area (Å²) >= 11 is 13.5. The number of amides is 1. The van der Waals surface area contributed by atoms with E-state index in [2.05, 4.69) is 20.6 Å². The Balaban J connectivity index is 0.00000400. The SMILES string of the molecule is COc1ccc(-c2cnc(SCC(=O)NC(C)[C@H]3C[C@H](Cc4ccc(Cl)c(Cl)c4)CN3)nc2)cc1OC.Cl. The van der Waals surface area contributed by atoms with Gasteiger partial charge in [0, 0.05) is 30.0 Å². The number of ether oxygens (including phenoxy) is 2. The van der Waals surface area contributed by atoms with Gasteiger partial charge >= 0.3 is 0 Å². The predicted octanol–water partition coefficient (Wildman–Crippen LogP) is 5.71. The van der Waals surface area contributed by atoms with E-state index >= 15 is 0 Å². The van der Waals surface area contributed by atoms with Gasteiger partial charge in [-0.2, -0.15) is 0 Å². The van der Waals surface area contributed by atoms with Gasteiger partial charge in [0.1, 0.15) is 0 Å². The molecule has 1 aliphatic rings. The number of rotatable bonds is 10. The third-order valence-electron chi connectivity index (χ3n) is 6.43. The van der Waals surface area contributed by atoms with E-state index in [1.807, 2.05) is 43.3 Å². The lowest BCUT2D eigenvalue weighted by atomic mass is 9.95. The van der Waals surface area contributed by atoms with Crippen LogP contribution in [0.1, 0.15) is 18.9 Å². The molecule has 7 nitrogen and oxygen atoms in total. The van der Waals surface area contributed by atoms with Crippen LogP contribution in [-0.4, -0.2) is 54.5 Å². The van der Waals surface area contributed by atoms with Crippen molar-refractivity contribution in [3.63, 3.8) is 0 Å². The van der Waals surface area contributed by atoms with Gasteiger partial charge in [-0.1, -0.05) is 47.1 Å². The molecule has 0 spiro atoms. The number of hydrogen-bond acceptors (Lipinski definition) is 7. The van der Waals surface area contributed by atoms with Crippen LogP contribution >= 0.6 is 47.4 Å². The zero-order valence-electron chi connectivity index (χ0n) is 21.4. The molecule has 0 saturated carbocycles. The zero-order chi connectivity index (χ0) is 26.4. The minimum Gasteiger partial charge on any atom is -0.493 e. The van der Waals surface area contributed by atoms with Crippen LogP contribution in [0.5, 0.6) is 11.5 Å². The van der Waals surface area contributed by atoms with E-state index in [-0.39, 0.29) is 36.2 Å². The number of aromatic nitrogens is 2. The summed E-state index contributed by atoms with van der Waals surface area (Å²) in [6, 6.07) is 11.7. The molecule has 3 aromatic rings. The topological polar surface area (TPSA) is 85.4 Å². The van der Waals surface area contributed by atoms with E-state index in [4.69, 9.17) is 32.7 Å². The first-order chi connectivity index (χ1) is 17.9. The van der Waals surface area contributed by atoms with Crippen LogP contribution < -0.4 is 20.1 Å². The molecule has 2 N–H and O–H groups in total. The van der Waals surface area contributed by atoms with Crippen molar-refractivity contribution in [3.8, 4) is 22.6 Å². The number of methoxy groups -OCH3 is 2. The molecule has 4 rings (SSSR count). The highest BCUT2D eigenvalue weighted by Gasteiger charge is 2.29. The molecule has 1 fully saturated rings. The monoisotopic (exact) mass is 596 g/mol. The second-order valence-electron chi connectivity index (χ2n) is 9.04. The van der Waals surface area contributed by atoms with E-state index in [0.717, 1.165) is 30.5 Å². The third-order valence-corrected chi connectivity index (χ3v) is 8.05. The number of thioether (sulfide) groups is 1. The summed E-state index contributed by atoms with van der Waals surface area (Å²) in [4.78, 5) is 21.4. The number of benzene rings is 2. The van der Waals surface area contributed by atoms with Crippen molar-refractivity contribution in [3.05, 3.63) is 64.4 Å². The van der Waals surface area contributed by atoms with Crippen LogP contribution in [-0.2, 0) is 11.2 Å². The lowest BCUT2D eigenvalue weighted by molar-refractivity contribution is -0.119. The predicted molar refractivity (Wildman–Crippen MR) is 156 cm³/mol. The molecule has 11 heteroatoms. The highest BCUT2D eigenvalue weighted by molar-refractivity contribution is 7.99. The summed E-state index contributed by atoms with van der Waals surface area (Å²) in [6.07, 6.45) is 5.39. The Morgan fingerprint density at radius 1 is 1.08 bits per heavy atom. The van der Waals surface area contributed by atoms with Crippen molar-refractivity contribution in [2.45, 2.75) is 37.0 Å². The second kappa shape index (κ2) is 14.2. The first-order valence-electron chi connectivity index (χ1n) is 12.0. The fourth-order valence-electron chi connectivity index (χ4n) is 4.46. The average molecular weight is 598 g/mol. The fourth-order valence-corrected chi connectivity index (χ4v) is 5.38. The number of hydrogen-bond donors (Lipinski definition) is 2. The first kappa shape index (κ1) is 30.3. The molecule has 0 bridgehead atoms. The molecule has 1 aliphatic heterocycles. The van der Waals surface area contributed by atoms with Crippen LogP contribution in [0.15, 0.2) is 53.9 Å². The summed E-state index contributed by atoms with van der Waals surface area (Å²) in [6.45, 7) is 2.94.